The van der Waals surface area contributed by atoms with Crippen LogP contribution in [0.2, 0.25) is 0 Å². The van der Waals surface area contributed by atoms with Crippen LogP contribution in [-0.2, 0) is 6.18 Å². The molecule has 3 rings (SSSR count). The van der Waals surface area contributed by atoms with E-state index in [4.69, 9.17) is 5.73 Å². The number of benzene rings is 2. The van der Waals surface area contributed by atoms with Gasteiger partial charge >= 0.3 is 6.18 Å². The quantitative estimate of drug-likeness (QED) is 0.737. The van der Waals surface area contributed by atoms with Gasteiger partial charge in [0.05, 0.1) is 16.9 Å². The molecule has 0 fully saturated rings. The van der Waals surface area contributed by atoms with Crippen LogP contribution in [0.5, 0.6) is 0 Å². The van der Waals surface area contributed by atoms with Crippen molar-refractivity contribution in [1.82, 2.24) is 14.8 Å². The molecule has 22 heavy (non-hydrogen) atoms. The summed E-state index contributed by atoms with van der Waals surface area (Å²) in [6.45, 7) is 0. The normalized spacial score (nSPS) is 11.6. The zero-order valence-electron chi connectivity index (χ0n) is 11.2. The number of anilines is 1. The van der Waals surface area contributed by atoms with E-state index in [0.717, 1.165) is 12.1 Å². The van der Waals surface area contributed by atoms with Crippen LogP contribution in [0.1, 0.15) is 5.56 Å². The zero-order chi connectivity index (χ0) is 15.7. The van der Waals surface area contributed by atoms with Crippen molar-refractivity contribution in [3.05, 3.63) is 60.4 Å². The largest absolute Gasteiger partial charge is 0.416 e. The van der Waals surface area contributed by atoms with Crippen molar-refractivity contribution in [2.24, 2.45) is 0 Å². The first kappa shape index (κ1) is 14.1. The SMILES string of the molecule is Nc1ccccc1-n1cnc(-c2ccc(C(F)(F)F)cc2)n1. The monoisotopic (exact) mass is 304 g/mol. The molecule has 2 N–H and O–H groups in total. The molecule has 4 nitrogen and oxygen atoms in total. The number of rotatable bonds is 2. The lowest BCUT2D eigenvalue weighted by Gasteiger charge is -2.06. The Kier molecular flexibility index (Phi) is 3.32. The molecular weight excluding hydrogens is 293 g/mol. The Balaban J connectivity index is 1.93. The number of para-hydroxylation sites is 2. The van der Waals surface area contributed by atoms with Gasteiger partial charge in [-0.25, -0.2) is 9.67 Å². The highest BCUT2D eigenvalue weighted by atomic mass is 19.4. The number of nitrogens with zero attached hydrogens (tertiary/aromatic N) is 3. The predicted molar refractivity (Wildman–Crippen MR) is 76.2 cm³/mol. The van der Waals surface area contributed by atoms with E-state index in [1.165, 1.54) is 23.1 Å². The average molecular weight is 304 g/mol. The van der Waals surface area contributed by atoms with Crippen LogP contribution in [-0.4, -0.2) is 14.8 Å². The van der Waals surface area contributed by atoms with E-state index in [9.17, 15) is 13.2 Å². The summed E-state index contributed by atoms with van der Waals surface area (Å²) in [5, 5.41) is 4.25. The van der Waals surface area contributed by atoms with Crippen LogP contribution in [0.25, 0.3) is 17.1 Å². The summed E-state index contributed by atoms with van der Waals surface area (Å²) in [7, 11) is 0. The van der Waals surface area contributed by atoms with Crippen LogP contribution in [0.4, 0.5) is 18.9 Å². The Bertz CT molecular complexity index is 791. The third kappa shape index (κ3) is 2.65. The number of aromatic nitrogens is 3. The van der Waals surface area contributed by atoms with Gasteiger partial charge in [0, 0.05) is 5.56 Å². The molecule has 7 heteroatoms. The Hall–Kier alpha value is -2.83. The maximum absolute atomic E-state index is 12.5. The minimum Gasteiger partial charge on any atom is -0.397 e. The average Bonchev–Trinajstić information content (AvgIpc) is 2.96. The van der Waals surface area contributed by atoms with Gasteiger partial charge in [0.15, 0.2) is 5.82 Å². The van der Waals surface area contributed by atoms with Gasteiger partial charge < -0.3 is 5.73 Å². The van der Waals surface area contributed by atoms with Gasteiger partial charge in [-0.3, -0.25) is 0 Å². The molecule has 0 atom stereocenters. The molecule has 112 valence electrons. The van der Waals surface area contributed by atoms with E-state index in [1.807, 2.05) is 6.07 Å². The van der Waals surface area contributed by atoms with E-state index in [2.05, 4.69) is 10.1 Å². The number of alkyl halides is 3. The fraction of sp³-hybridized carbons (Fsp3) is 0.0667. The van der Waals surface area contributed by atoms with Crippen LogP contribution >= 0.6 is 0 Å². The maximum Gasteiger partial charge on any atom is 0.416 e. The lowest BCUT2D eigenvalue weighted by molar-refractivity contribution is -0.137. The maximum atomic E-state index is 12.5. The van der Waals surface area contributed by atoms with Crippen molar-refractivity contribution < 1.29 is 13.2 Å². The fourth-order valence-corrected chi connectivity index (χ4v) is 2.02. The number of nitrogens with two attached hydrogens (primary N) is 1. The molecule has 0 bridgehead atoms. The van der Waals surface area contributed by atoms with Crippen LogP contribution in [0.3, 0.4) is 0 Å². The zero-order valence-corrected chi connectivity index (χ0v) is 11.2. The molecule has 0 amide bonds. The first-order valence-corrected chi connectivity index (χ1v) is 6.39. The Labute approximate surface area is 124 Å². The van der Waals surface area contributed by atoms with Gasteiger partial charge in [-0.1, -0.05) is 24.3 Å². The van der Waals surface area contributed by atoms with Crippen molar-refractivity contribution in [2.75, 3.05) is 5.73 Å². The molecule has 0 spiro atoms. The molecule has 3 aromatic rings. The van der Waals surface area contributed by atoms with Crippen LogP contribution < -0.4 is 5.73 Å². The molecule has 0 aliphatic heterocycles. The van der Waals surface area contributed by atoms with Crippen molar-refractivity contribution in [1.29, 1.82) is 0 Å². The molecule has 0 saturated carbocycles. The number of nitrogen functional groups attached to an aromatic ring is 1. The number of hydrogen-bond donors (Lipinski definition) is 1. The standard InChI is InChI=1S/C15H11F3N4/c16-15(17,18)11-7-5-10(6-8-11)14-20-9-22(21-14)13-4-2-1-3-12(13)19/h1-9H,19H2. The van der Waals surface area contributed by atoms with Gasteiger partial charge in [0.1, 0.15) is 6.33 Å². The first-order valence-electron chi connectivity index (χ1n) is 6.39. The Morgan fingerprint density at radius 1 is 0.955 bits per heavy atom. The second kappa shape index (κ2) is 5.18. The lowest BCUT2D eigenvalue weighted by atomic mass is 10.1. The molecule has 0 aliphatic carbocycles. The molecule has 0 saturated heterocycles. The van der Waals surface area contributed by atoms with Gasteiger partial charge in [-0.2, -0.15) is 13.2 Å². The summed E-state index contributed by atoms with van der Waals surface area (Å²) < 4.78 is 39.1. The second-order valence-electron chi connectivity index (χ2n) is 4.65. The third-order valence-electron chi connectivity index (χ3n) is 3.15. The third-order valence-corrected chi connectivity index (χ3v) is 3.15. The topological polar surface area (TPSA) is 56.7 Å². The van der Waals surface area contributed by atoms with Crippen molar-refractivity contribution >= 4 is 5.69 Å². The minimum atomic E-state index is -4.36. The van der Waals surface area contributed by atoms with E-state index in [-0.39, 0.29) is 0 Å². The summed E-state index contributed by atoms with van der Waals surface area (Å²) in [5.74, 6) is 0.331. The molecule has 2 aromatic carbocycles. The summed E-state index contributed by atoms with van der Waals surface area (Å²) in [4.78, 5) is 4.11. The van der Waals surface area contributed by atoms with Crippen LogP contribution in [0, 0.1) is 0 Å². The molecule has 0 unspecified atom stereocenters. The number of halogens is 3. The van der Waals surface area contributed by atoms with Crippen LogP contribution in [0.15, 0.2) is 54.9 Å². The van der Waals surface area contributed by atoms with Gasteiger partial charge in [0.25, 0.3) is 0 Å². The van der Waals surface area contributed by atoms with E-state index < -0.39 is 11.7 Å². The lowest BCUT2D eigenvalue weighted by Crippen LogP contribution is -2.04. The number of hydrogen-bond acceptors (Lipinski definition) is 3. The van der Waals surface area contributed by atoms with Gasteiger partial charge in [0.2, 0.25) is 0 Å². The predicted octanol–water partition coefficient (Wildman–Crippen LogP) is 3.54. The van der Waals surface area contributed by atoms with Crippen molar-refractivity contribution in [3.8, 4) is 17.1 Å². The smallest absolute Gasteiger partial charge is 0.397 e. The first-order chi connectivity index (χ1) is 10.4. The van der Waals surface area contributed by atoms with Gasteiger partial charge in [-0.15, -0.1) is 5.10 Å². The van der Waals surface area contributed by atoms with Gasteiger partial charge in [-0.05, 0) is 24.3 Å². The Morgan fingerprint density at radius 3 is 2.27 bits per heavy atom. The summed E-state index contributed by atoms with van der Waals surface area (Å²) in [5.41, 5.74) is 6.84. The fourth-order valence-electron chi connectivity index (χ4n) is 2.02. The Morgan fingerprint density at radius 2 is 1.64 bits per heavy atom. The van der Waals surface area contributed by atoms with E-state index >= 15 is 0 Å². The molecule has 1 heterocycles. The van der Waals surface area contributed by atoms with E-state index in [0.29, 0.717) is 22.8 Å². The molecule has 0 aliphatic rings. The molecule has 0 radical (unpaired) electrons. The highest BCUT2D eigenvalue weighted by molar-refractivity contribution is 5.59. The summed E-state index contributed by atoms with van der Waals surface area (Å²) >= 11 is 0. The summed E-state index contributed by atoms with van der Waals surface area (Å²) in [6, 6.07) is 11.8. The molecular formula is C15H11F3N4. The highest BCUT2D eigenvalue weighted by Crippen LogP contribution is 2.30. The second-order valence-corrected chi connectivity index (χ2v) is 4.65. The molecule has 1 aromatic heterocycles. The minimum absolute atomic E-state index is 0.331. The summed E-state index contributed by atoms with van der Waals surface area (Å²) in [6.07, 6.45) is -2.89. The van der Waals surface area contributed by atoms with E-state index in [1.54, 1.807) is 18.2 Å². The van der Waals surface area contributed by atoms with Crippen molar-refractivity contribution in [2.45, 2.75) is 6.18 Å². The van der Waals surface area contributed by atoms with Crippen molar-refractivity contribution in [3.63, 3.8) is 0 Å². The highest BCUT2D eigenvalue weighted by Gasteiger charge is 2.30.